The Morgan fingerprint density at radius 2 is 2.16 bits per heavy atom. The number of carbonyl (C=O) groups is 1. The fourth-order valence-electron chi connectivity index (χ4n) is 2.95. The first kappa shape index (κ1) is 18.2. The van der Waals surface area contributed by atoms with Crippen LogP contribution in [0.5, 0.6) is 0 Å². The Balaban J connectivity index is 2.49. The lowest BCUT2D eigenvalue weighted by Crippen LogP contribution is -2.44. The van der Waals surface area contributed by atoms with Crippen molar-refractivity contribution in [3.05, 3.63) is 38.8 Å². The smallest absolute Gasteiger partial charge is 0.344 e. The molecule has 0 amide bonds. The van der Waals surface area contributed by atoms with Crippen LogP contribution in [0.25, 0.3) is 10.9 Å². The van der Waals surface area contributed by atoms with Gasteiger partial charge in [-0.2, -0.15) is 0 Å². The number of esters is 1. The molecule has 0 saturated heterocycles. The Bertz CT molecular complexity index is 944. The van der Waals surface area contributed by atoms with Crippen LogP contribution in [0.15, 0.2) is 22.0 Å². The molecule has 0 aliphatic carbocycles. The van der Waals surface area contributed by atoms with E-state index in [1.54, 1.807) is 6.92 Å². The van der Waals surface area contributed by atoms with Gasteiger partial charge in [-0.1, -0.05) is 11.6 Å². The van der Waals surface area contributed by atoms with E-state index in [2.05, 4.69) is 0 Å². The molecule has 0 spiro atoms. The summed E-state index contributed by atoms with van der Waals surface area (Å²) < 4.78 is 20.9. The van der Waals surface area contributed by atoms with E-state index in [4.69, 9.17) is 16.3 Å². The van der Waals surface area contributed by atoms with Crippen LogP contribution >= 0.6 is 23.4 Å². The molecule has 25 heavy (non-hydrogen) atoms. The molecule has 1 atom stereocenters. The van der Waals surface area contributed by atoms with Gasteiger partial charge in [-0.3, -0.25) is 9.69 Å². The Morgan fingerprint density at radius 3 is 2.76 bits per heavy atom. The minimum atomic E-state index is -0.696. The molecule has 2 aromatic rings. The first-order valence-corrected chi connectivity index (χ1v) is 9.14. The second kappa shape index (κ2) is 6.30. The summed E-state index contributed by atoms with van der Waals surface area (Å²) in [7, 11) is 3.82. The summed E-state index contributed by atoms with van der Waals surface area (Å²) in [6.07, 6.45) is 0. The van der Waals surface area contributed by atoms with Gasteiger partial charge in [0.1, 0.15) is 17.0 Å². The molecule has 0 N–H and O–H groups in total. The molecule has 0 saturated carbocycles. The third-order valence-corrected chi connectivity index (χ3v) is 6.22. The number of carbonyl (C=O) groups excluding carboxylic acids is 1. The maximum Gasteiger partial charge on any atom is 0.344 e. The number of thioether (sulfide) groups is 1. The number of rotatable bonds is 3. The highest BCUT2D eigenvalue weighted by Crippen LogP contribution is 2.43. The van der Waals surface area contributed by atoms with Crippen LogP contribution in [0.2, 0.25) is 5.02 Å². The molecule has 5 nitrogen and oxygen atoms in total. The average molecular weight is 385 g/mol. The van der Waals surface area contributed by atoms with E-state index >= 15 is 0 Å². The van der Waals surface area contributed by atoms with Crippen LogP contribution in [0.1, 0.15) is 24.2 Å². The van der Waals surface area contributed by atoms with Gasteiger partial charge in [0, 0.05) is 11.1 Å². The van der Waals surface area contributed by atoms with Gasteiger partial charge in [-0.25, -0.2) is 9.18 Å². The molecule has 1 unspecified atom stereocenters. The van der Waals surface area contributed by atoms with E-state index in [1.807, 2.05) is 30.5 Å². The summed E-state index contributed by atoms with van der Waals surface area (Å²) in [6.45, 7) is 3.82. The molecular formula is C17H18ClFN2O3S. The van der Waals surface area contributed by atoms with Crippen LogP contribution in [0, 0.1) is 5.82 Å². The van der Waals surface area contributed by atoms with E-state index in [-0.39, 0.29) is 22.6 Å². The molecule has 3 rings (SSSR count). The van der Waals surface area contributed by atoms with E-state index in [0.717, 1.165) is 6.07 Å². The predicted octanol–water partition coefficient (Wildman–Crippen LogP) is 3.31. The number of pyridine rings is 1. The van der Waals surface area contributed by atoms with E-state index < -0.39 is 22.9 Å². The molecule has 1 aromatic heterocycles. The zero-order valence-electron chi connectivity index (χ0n) is 14.4. The molecule has 2 heterocycles. The first-order valence-electron chi connectivity index (χ1n) is 7.78. The Labute approximate surface area is 153 Å². The van der Waals surface area contributed by atoms with Crippen molar-refractivity contribution >= 4 is 40.2 Å². The molecule has 1 aromatic carbocycles. The zero-order valence-corrected chi connectivity index (χ0v) is 15.9. The van der Waals surface area contributed by atoms with Gasteiger partial charge in [0.15, 0.2) is 0 Å². The SMILES string of the molecule is CCOC(=O)c1c2n(c3cc(Cl)c(F)cc3c1=O)C(C)(N(C)C)CS2. The maximum atomic E-state index is 14.0. The van der Waals surface area contributed by atoms with Gasteiger partial charge in [-0.05, 0) is 40.1 Å². The summed E-state index contributed by atoms with van der Waals surface area (Å²) >= 11 is 7.37. The van der Waals surface area contributed by atoms with Crippen LogP contribution < -0.4 is 5.43 Å². The number of fused-ring (bicyclic) bond motifs is 3. The van der Waals surface area contributed by atoms with Crippen molar-refractivity contribution in [1.82, 2.24) is 9.47 Å². The Morgan fingerprint density at radius 1 is 1.48 bits per heavy atom. The van der Waals surface area contributed by atoms with Crippen LogP contribution in [-0.2, 0) is 10.4 Å². The maximum absolute atomic E-state index is 14.0. The van der Waals surface area contributed by atoms with Crippen molar-refractivity contribution in [3.8, 4) is 0 Å². The number of hydrogen-bond donors (Lipinski definition) is 0. The topological polar surface area (TPSA) is 51.5 Å². The van der Waals surface area contributed by atoms with Crippen molar-refractivity contribution in [3.63, 3.8) is 0 Å². The lowest BCUT2D eigenvalue weighted by molar-refractivity contribution is 0.0515. The lowest BCUT2D eigenvalue weighted by atomic mass is 10.1. The quantitative estimate of drug-likeness (QED) is 0.760. The fourth-order valence-corrected chi connectivity index (χ4v) is 4.65. The molecule has 1 aliphatic heterocycles. The number of hydrogen-bond acceptors (Lipinski definition) is 5. The summed E-state index contributed by atoms with van der Waals surface area (Å²) in [5, 5.41) is 0.572. The third kappa shape index (κ3) is 2.65. The van der Waals surface area contributed by atoms with Gasteiger partial charge >= 0.3 is 5.97 Å². The summed E-state index contributed by atoms with van der Waals surface area (Å²) in [6, 6.07) is 2.54. The Kier molecular flexibility index (Phi) is 4.59. The van der Waals surface area contributed by atoms with E-state index in [0.29, 0.717) is 16.3 Å². The first-order chi connectivity index (χ1) is 11.7. The standard InChI is InChI=1S/C17H18ClFN2O3S/c1-5-24-16(23)13-14(22)9-6-11(19)10(18)7-12(9)21-15(13)25-8-17(21,2)20(3)4/h6-7H,5,8H2,1-4H3. The van der Waals surface area contributed by atoms with Crippen molar-refractivity contribution in [1.29, 1.82) is 0 Å². The van der Waals surface area contributed by atoms with E-state index in [9.17, 15) is 14.0 Å². The van der Waals surface area contributed by atoms with Crippen LogP contribution in [0.3, 0.4) is 0 Å². The summed E-state index contributed by atoms with van der Waals surface area (Å²) in [5.74, 6) is -0.761. The number of nitrogens with zero attached hydrogens (tertiary/aromatic N) is 2. The molecule has 134 valence electrons. The minimum Gasteiger partial charge on any atom is -0.462 e. The number of halogens is 2. The second-order valence-corrected chi connectivity index (χ2v) is 7.62. The van der Waals surface area contributed by atoms with Crippen LogP contribution in [0.4, 0.5) is 4.39 Å². The van der Waals surface area contributed by atoms with Gasteiger partial charge in [0.05, 0.1) is 22.2 Å². The molecule has 8 heteroatoms. The molecule has 0 radical (unpaired) electrons. The van der Waals surface area contributed by atoms with Gasteiger partial charge < -0.3 is 9.30 Å². The molecule has 0 bridgehead atoms. The average Bonchev–Trinajstić information content (AvgIpc) is 2.89. The van der Waals surface area contributed by atoms with Crippen molar-refractivity contribution < 1.29 is 13.9 Å². The highest BCUT2D eigenvalue weighted by Gasteiger charge is 2.41. The van der Waals surface area contributed by atoms with Gasteiger partial charge in [-0.15, -0.1) is 11.8 Å². The zero-order chi connectivity index (χ0) is 18.5. The highest BCUT2D eigenvalue weighted by molar-refractivity contribution is 7.99. The number of ether oxygens (including phenoxy) is 1. The molecular weight excluding hydrogens is 367 g/mol. The van der Waals surface area contributed by atoms with Crippen molar-refractivity contribution in [2.75, 3.05) is 26.5 Å². The predicted molar refractivity (Wildman–Crippen MR) is 97.2 cm³/mol. The summed E-state index contributed by atoms with van der Waals surface area (Å²) in [5.41, 5.74) is -0.591. The largest absolute Gasteiger partial charge is 0.462 e. The molecule has 1 aliphatic rings. The fraction of sp³-hybridized carbons (Fsp3) is 0.412. The number of benzene rings is 1. The van der Waals surface area contributed by atoms with E-state index in [1.165, 1.54) is 17.8 Å². The second-order valence-electron chi connectivity index (χ2n) is 6.25. The highest BCUT2D eigenvalue weighted by atomic mass is 35.5. The van der Waals surface area contributed by atoms with Gasteiger partial charge in [0.2, 0.25) is 5.43 Å². The van der Waals surface area contributed by atoms with Crippen LogP contribution in [-0.4, -0.2) is 41.9 Å². The van der Waals surface area contributed by atoms with Crippen molar-refractivity contribution in [2.24, 2.45) is 0 Å². The molecule has 0 fully saturated rings. The summed E-state index contributed by atoms with van der Waals surface area (Å²) in [4.78, 5) is 27.3. The normalized spacial score (nSPS) is 19.5. The lowest BCUT2D eigenvalue weighted by Gasteiger charge is -2.35. The number of aromatic nitrogens is 1. The Hall–Kier alpha value is -1.57. The van der Waals surface area contributed by atoms with Gasteiger partial charge in [0.25, 0.3) is 0 Å². The minimum absolute atomic E-state index is 0.0494. The third-order valence-electron chi connectivity index (χ3n) is 4.58. The monoisotopic (exact) mass is 384 g/mol. The van der Waals surface area contributed by atoms with Crippen molar-refractivity contribution in [2.45, 2.75) is 24.5 Å².